The second-order valence-electron chi connectivity index (χ2n) is 8.44. The van der Waals surface area contributed by atoms with Crippen LogP contribution in [0.5, 0.6) is 0 Å². The monoisotopic (exact) mass is 428 g/mol. The number of thiophene rings is 1. The summed E-state index contributed by atoms with van der Waals surface area (Å²) >= 11 is 1.60. The molecule has 0 bridgehead atoms. The molecule has 0 unspecified atom stereocenters. The summed E-state index contributed by atoms with van der Waals surface area (Å²) in [5, 5.41) is 5.10. The predicted molar refractivity (Wildman–Crippen MR) is 121 cm³/mol. The van der Waals surface area contributed by atoms with Gasteiger partial charge in [-0.15, -0.1) is 11.3 Å². The minimum atomic E-state index is -0.428. The Morgan fingerprint density at radius 2 is 1.93 bits per heavy atom. The van der Waals surface area contributed by atoms with Crippen LogP contribution in [0.1, 0.15) is 66.9 Å². The average molecular weight is 429 g/mol. The molecule has 0 radical (unpaired) electrons. The van der Waals surface area contributed by atoms with Crippen LogP contribution >= 0.6 is 11.3 Å². The molecule has 0 saturated carbocycles. The normalized spacial score (nSPS) is 18.7. The number of hydrogen-bond donors (Lipinski definition) is 1. The quantitative estimate of drug-likeness (QED) is 0.593. The van der Waals surface area contributed by atoms with E-state index in [0.29, 0.717) is 31.2 Å². The largest absolute Gasteiger partial charge is 0.379 e. The SMILES string of the molecule is CC(C)CN1C(=O)c2ccccc2[C@H](C(=O)NCCCOC(C)C)[C@@H]1c1cccs1. The van der Waals surface area contributed by atoms with E-state index in [-0.39, 0.29) is 24.0 Å². The Morgan fingerprint density at radius 1 is 1.17 bits per heavy atom. The third kappa shape index (κ3) is 5.10. The Labute approximate surface area is 183 Å². The van der Waals surface area contributed by atoms with Crippen molar-refractivity contribution in [3.63, 3.8) is 0 Å². The maximum Gasteiger partial charge on any atom is 0.254 e. The maximum absolute atomic E-state index is 13.4. The molecular formula is C24H32N2O3S. The molecule has 2 amide bonds. The van der Waals surface area contributed by atoms with Gasteiger partial charge in [0.05, 0.1) is 18.1 Å². The first kappa shape index (κ1) is 22.5. The molecular weight excluding hydrogens is 396 g/mol. The minimum Gasteiger partial charge on any atom is -0.379 e. The maximum atomic E-state index is 13.4. The molecule has 0 fully saturated rings. The summed E-state index contributed by atoms with van der Waals surface area (Å²) in [6, 6.07) is 11.3. The summed E-state index contributed by atoms with van der Waals surface area (Å²) in [6.45, 7) is 9.99. The van der Waals surface area contributed by atoms with Gasteiger partial charge in [0.1, 0.15) is 0 Å². The second kappa shape index (κ2) is 10.2. The van der Waals surface area contributed by atoms with Crippen LogP contribution in [0.4, 0.5) is 0 Å². The van der Waals surface area contributed by atoms with Gasteiger partial charge in [-0.1, -0.05) is 38.1 Å². The van der Waals surface area contributed by atoms with Crippen LogP contribution in [0, 0.1) is 5.92 Å². The molecule has 2 aromatic rings. The standard InChI is InChI=1S/C24H32N2O3S/c1-16(2)15-26-22(20-11-7-14-30-20)21(18-9-5-6-10-19(18)24(26)28)23(27)25-12-8-13-29-17(3)4/h5-7,9-11,14,16-17,21-22H,8,12-13,15H2,1-4H3,(H,25,27)/t21-,22-/m0/s1. The van der Waals surface area contributed by atoms with Crippen molar-refractivity contribution < 1.29 is 14.3 Å². The molecule has 162 valence electrons. The lowest BCUT2D eigenvalue weighted by Crippen LogP contribution is -2.48. The van der Waals surface area contributed by atoms with Gasteiger partial charge < -0.3 is 15.0 Å². The molecule has 30 heavy (non-hydrogen) atoms. The Hall–Kier alpha value is -2.18. The lowest BCUT2D eigenvalue weighted by atomic mass is 9.81. The van der Waals surface area contributed by atoms with Gasteiger partial charge in [0.25, 0.3) is 5.91 Å². The fourth-order valence-electron chi connectivity index (χ4n) is 3.96. The van der Waals surface area contributed by atoms with Crippen molar-refractivity contribution in [1.29, 1.82) is 0 Å². The first-order valence-corrected chi connectivity index (χ1v) is 11.6. The van der Waals surface area contributed by atoms with E-state index in [9.17, 15) is 9.59 Å². The van der Waals surface area contributed by atoms with Gasteiger partial charge in [0.15, 0.2) is 0 Å². The molecule has 2 heterocycles. The number of amides is 2. The Bertz CT molecular complexity index is 848. The van der Waals surface area contributed by atoms with Gasteiger partial charge >= 0.3 is 0 Å². The lowest BCUT2D eigenvalue weighted by Gasteiger charge is -2.42. The highest BCUT2D eigenvalue weighted by Crippen LogP contribution is 2.44. The van der Waals surface area contributed by atoms with Crippen LogP contribution in [0.25, 0.3) is 0 Å². The molecule has 2 atom stereocenters. The van der Waals surface area contributed by atoms with Gasteiger partial charge in [0, 0.05) is 30.1 Å². The summed E-state index contributed by atoms with van der Waals surface area (Å²) in [5.74, 6) is -0.153. The third-order valence-corrected chi connectivity index (χ3v) is 6.13. The number of rotatable bonds is 9. The Morgan fingerprint density at radius 3 is 2.60 bits per heavy atom. The Kier molecular flexibility index (Phi) is 7.67. The number of fused-ring (bicyclic) bond motifs is 1. The molecule has 1 aromatic heterocycles. The number of hydrogen-bond acceptors (Lipinski definition) is 4. The van der Waals surface area contributed by atoms with Crippen LogP contribution < -0.4 is 5.32 Å². The zero-order valence-electron chi connectivity index (χ0n) is 18.3. The van der Waals surface area contributed by atoms with E-state index in [4.69, 9.17) is 4.74 Å². The van der Waals surface area contributed by atoms with Crippen LogP contribution in [-0.4, -0.2) is 42.5 Å². The average Bonchev–Trinajstić information content (AvgIpc) is 3.23. The molecule has 0 aliphatic carbocycles. The van der Waals surface area contributed by atoms with Gasteiger partial charge in [-0.2, -0.15) is 0 Å². The fourth-order valence-corrected chi connectivity index (χ4v) is 4.83. The van der Waals surface area contributed by atoms with E-state index in [2.05, 4.69) is 19.2 Å². The van der Waals surface area contributed by atoms with Gasteiger partial charge in [0.2, 0.25) is 5.91 Å². The van der Waals surface area contributed by atoms with E-state index in [1.807, 2.05) is 60.5 Å². The smallest absolute Gasteiger partial charge is 0.254 e. The van der Waals surface area contributed by atoms with Gasteiger partial charge in [-0.05, 0) is 49.3 Å². The molecule has 0 saturated heterocycles. The van der Waals surface area contributed by atoms with Crippen molar-refractivity contribution in [1.82, 2.24) is 10.2 Å². The van der Waals surface area contributed by atoms with Crippen molar-refractivity contribution in [3.8, 4) is 0 Å². The van der Waals surface area contributed by atoms with Crippen LogP contribution in [0.15, 0.2) is 41.8 Å². The Balaban J connectivity index is 1.91. The molecule has 5 nitrogen and oxygen atoms in total. The second-order valence-corrected chi connectivity index (χ2v) is 9.42. The minimum absolute atomic E-state index is 0.00656. The van der Waals surface area contributed by atoms with Crippen molar-refractivity contribution in [2.24, 2.45) is 5.92 Å². The van der Waals surface area contributed by atoms with Crippen molar-refractivity contribution in [2.75, 3.05) is 19.7 Å². The highest BCUT2D eigenvalue weighted by atomic mass is 32.1. The van der Waals surface area contributed by atoms with Crippen molar-refractivity contribution in [3.05, 3.63) is 57.8 Å². The summed E-state index contributed by atoms with van der Waals surface area (Å²) in [6.07, 6.45) is 0.945. The molecule has 0 spiro atoms. The molecule has 1 aliphatic heterocycles. The molecule has 6 heteroatoms. The number of carbonyl (C=O) groups excluding carboxylic acids is 2. The van der Waals surface area contributed by atoms with E-state index >= 15 is 0 Å². The highest BCUT2D eigenvalue weighted by molar-refractivity contribution is 7.10. The fraction of sp³-hybridized carbons (Fsp3) is 0.500. The number of benzene rings is 1. The molecule has 3 rings (SSSR count). The van der Waals surface area contributed by atoms with Crippen molar-refractivity contribution >= 4 is 23.2 Å². The predicted octanol–water partition coefficient (Wildman–Crippen LogP) is 4.62. The van der Waals surface area contributed by atoms with Gasteiger partial charge in [-0.3, -0.25) is 9.59 Å². The first-order chi connectivity index (χ1) is 14.4. The summed E-state index contributed by atoms with van der Waals surface area (Å²) in [4.78, 5) is 29.7. The third-order valence-electron chi connectivity index (χ3n) is 5.19. The number of nitrogens with zero attached hydrogens (tertiary/aromatic N) is 1. The topological polar surface area (TPSA) is 58.6 Å². The van der Waals surface area contributed by atoms with Crippen LogP contribution in [0.3, 0.4) is 0 Å². The zero-order valence-corrected chi connectivity index (χ0v) is 19.1. The van der Waals surface area contributed by atoms with Crippen molar-refractivity contribution in [2.45, 2.75) is 52.2 Å². The number of ether oxygens (including phenoxy) is 1. The first-order valence-electron chi connectivity index (χ1n) is 10.7. The van der Waals surface area contributed by atoms with E-state index in [1.165, 1.54) is 0 Å². The summed E-state index contributed by atoms with van der Waals surface area (Å²) < 4.78 is 5.58. The summed E-state index contributed by atoms with van der Waals surface area (Å²) in [7, 11) is 0. The lowest BCUT2D eigenvalue weighted by molar-refractivity contribution is -0.124. The molecule has 1 N–H and O–H groups in total. The number of carbonyl (C=O) groups is 2. The van der Waals surface area contributed by atoms with Crippen LogP contribution in [0.2, 0.25) is 0 Å². The number of nitrogens with one attached hydrogen (secondary N) is 1. The van der Waals surface area contributed by atoms with E-state index in [0.717, 1.165) is 16.9 Å². The molecule has 1 aliphatic rings. The van der Waals surface area contributed by atoms with Crippen LogP contribution in [-0.2, 0) is 9.53 Å². The summed E-state index contributed by atoms with van der Waals surface area (Å²) in [5.41, 5.74) is 1.45. The highest BCUT2D eigenvalue weighted by Gasteiger charge is 2.44. The van der Waals surface area contributed by atoms with E-state index in [1.54, 1.807) is 11.3 Å². The zero-order chi connectivity index (χ0) is 21.7. The van der Waals surface area contributed by atoms with Gasteiger partial charge in [-0.25, -0.2) is 0 Å². The molecule has 1 aromatic carbocycles. The van der Waals surface area contributed by atoms with E-state index < -0.39 is 5.92 Å².